The Morgan fingerprint density at radius 1 is 1.52 bits per heavy atom. The van der Waals surface area contributed by atoms with Crippen molar-refractivity contribution >= 4 is 16.7 Å². The topological polar surface area (TPSA) is 64.6 Å². The highest BCUT2D eigenvalue weighted by atomic mass is 32.2. The Balaban J connectivity index is 2.06. The van der Waals surface area contributed by atoms with Crippen molar-refractivity contribution in [1.29, 1.82) is 0 Å². The normalized spacial score (nSPS) is 20.8. The molecule has 1 amide bonds. The van der Waals surface area contributed by atoms with Gasteiger partial charge in [-0.15, -0.1) is 0 Å². The number of rotatable bonds is 6. The van der Waals surface area contributed by atoms with Gasteiger partial charge in [0.05, 0.1) is 7.11 Å². The first-order valence-corrected chi connectivity index (χ1v) is 8.20. The molecule has 1 saturated heterocycles. The summed E-state index contributed by atoms with van der Waals surface area (Å²) in [6.45, 7) is 3.96. The molecule has 6 heteroatoms. The van der Waals surface area contributed by atoms with Crippen molar-refractivity contribution in [3.63, 3.8) is 0 Å². The minimum atomic E-state index is -0.808. The van der Waals surface area contributed by atoms with Gasteiger partial charge in [-0.3, -0.25) is 9.00 Å². The van der Waals surface area contributed by atoms with Gasteiger partial charge in [0, 0.05) is 33.9 Å². The van der Waals surface area contributed by atoms with Gasteiger partial charge in [0.25, 0.3) is 5.91 Å². The predicted octanol–water partition coefficient (Wildman–Crippen LogP) is 1.51. The highest BCUT2D eigenvalue weighted by molar-refractivity contribution is 7.85. The van der Waals surface area contributed by atoms with Gasteiger partial charge in [-0.25, -0.2) is 0 Å². The molecule has 1 heterocycles. The summed E-state index contributed by atoms with van der Waals surface area (Å²) in [6.07, 6.45) is 2.40. The van der Waals surface area contributed by atoms with Crippen LogP contribution in [-0.4, -0.2) is 41.4 Å². The van der Waals surface area contributed by atoms with Crippen LogP contribution >= 0.6 is 0 Å². The highest BCUT2D eigenvalue weighted by Crippen LogP contribution is 2.28. The Morgan fingerprint density at radius 3 is 2.95 bits per heavy atom. The number of methoxy groups -OCH3 is 1. The molecule has 1 aliphatic rings. The first-order valence-electron chi connectivity index (χ1n) is 6.71. The standard InChI is InChI=1S/C15H19NO4S/c1-3-7-20-13-5-4-11(9-14(13)19-2)15(17)16-12-6-8-21(18)10-12/h3-5,9,12H,1,6-8,10H2,2H3,(H,16,17)/t12-,21+/m1/s1. The maximum atomic E-state index is 12.2. The summed E-state index contributed by atoms with van der Waals surface area (Å²) in [5.41, 5.74) is 0.496. The van der Waals surface area contributed by atoms with Gasteiger partial charge < -0.3 is 14.8 Å². The van der Waals surface area contributed by atoms with E-state index in [4.69, 9.17) is 9.47 Å². The molecule has 1 aromatic carbocycles. The molecule has 1 N–H and O–H groups in total. The Labute approximate surface area is 126 Å². The van der Waals surface area contributed by atoms with Gasteiger partial charge in [-0.05, 0) is 24.6 Å². The Bertz CT molecular complexity index is 559. The second-order valence-electron chi connectivity index (χ2n) is 4.73. The zero-order chi connectivity index (χ0) is 15.2. The molecule has 0 unspecified atom stereocenters. The third-order valence-electron chi connectivity index (χ3n) is 3.20. The summed E-state index contributed by atoms with van der Waals surface area (Å²) in [4.78, 5) is 12.2. The van der Waals surface area contributed by atoms with E-state index in [2.05, 4.69) is 11.9 Å². The number of hydrogen-bond donors (Lipinski definition) is 1. The molecular formula is C15H19NO4S. The first-order chi connectivity index (χ1) is 10.1. The van der Waals surface area contributed by atoms with Crippen LogP contribution in [0.5, 0.6) is 11.5 Å². The third kappa shape index (κ3) is 4.07. The number of amides is 1. The van der Waals surface area contributed by atoms with Crippen LogP contribution in [-0.2, 0) is 10.8 Å². The number of carbonyl (C=O) groups excluding carboxylic acids is 1. The first kappa shape index (κ1) is 15.6. The molecule has 0 aromatic heterocycles. The lowest BCUT2D eigenvalue weighted by atomic mass is 10.1. The van der Waals surface area contributed by atoms with Gasteiger partial charge >= 0.3 is 0 Å². The fourth-order valence-corrected chi connectivity index (χ4v) is 3.54. The van der Waals surface area contributed by atoms with Crippen LogP contribution in [0.3, 0.4) is 0 Å². The lowest BCUT2D eigenvalue weighted by Gasteiger charge is -2.13. The van der Waals surface area contributed by atoms with Crippen molar-refractivity contribution in [2.45, 2.75) is 12.5 Å². The van der Waals surface area contributed by atoms with Gasteiger partial charge in [0.2, 0.25) is 0 Å². The second kappa shape index (κ2) is 7.26. The molecule has 0 aliphatic carbocycles. The average Bonchev–Trinajstić information content (AvgIpc) is 2.90. The molecule has 0 spiro atoms. The lowest BCUT2D eigenvalue weighted by Crippen LogP contribution is -2.35. The average molecular weight is 309 g/mol. The van der Waals surface area contributed by atoms with Crippen LogP contribution in [0.25, 0.3) is 0 Å². The van der Waals surface area contributed by atoms with Crippen LogP contribution in [0, 0.1) is 0 Å². The van der Waals surface area contributed by atoms with E-state index in [1.165, 1.54) is 7.11 Å². The number of benzene rings is 1. The molecule has 0 radical (unpaired) electrons. The quantitative estimate of drug-likeness (QED) is 0.809. The van der Waals surface area contributed by atoms with E-state index in [1.54, 1.807) is 24.3 Å². The molecule has 1 aliphatic heterocycles. The van der Waals surface area contributed by atoms with Gasteiger partial charge in [-0.1, -0.05) is 12.7 Å². The van der Waals surface area contributed by atoms with Crippen LogP contribution in [0.2, 0.25) is 0 Å². The van der Waals surface area contributed by atoms with Crippen molar-refractivity contribution in [2.75, 3.05) is 25.2 Å². The van der Waals surface area contributed by atoms with Gasteiger partial charge in [0.15, 0.2) is 11.5 Å². The van der Waals surface area contributed by atoms with Crippen LogP contribution in [0.4, 0.5) is 0 Å². The van der Waals surface area contributed by atoms with Crippen molar-refractivity contribution in [3.8, 4) is 11.5 Å². The van der Waals surface area contributed by atoms with Crippen LogP contribution < -0.4 is 14.8 Å². The van der Waals surface area contributed by atoms with Crippen LogP contribution in [0.1, 0.15) is 16.8 Å². The highest BCUT2D eigenvalue weighted by Gasteiger charge is 2.23. The number of ether oxygens (including phenoxy) is 2. The maximum Gasteiger partial charge on any atom is 0.251 e. The number of nitrogens with one attached hydrogen (secondary N) is 1. The van der Waals surface area contributed by atoms with Crippen molar-refractivity contribution in [2.24, 2.45) is 0 Å². The summed E-state index contributed by atoms with van der Waals surface area (Å²) in [5, 5.41) is 2.89. The summed E-state index contributed by atoms with van der Waals surface area (Å²) >= 11 is 0. The molecule has 5 nitrogen and oxygen atoms in total. The van der Waals surface area contributed by atoms with Gasteiger partial charge in [-0.2, -0.15) is 0 Å². The molecule has 0 bridgehead atoms. The minimum Gasteiger partial charge on any atom is -0.493 e. The minimum absolute atomic E-state index is 0.0129. The summed E-state index contributed by atoms with van der Waals surface area (Å²) in [7, 11) is 0.718. The summed E-state index contributed by atoms with van der Waals surface area (Å²) < 4.78 is 22.0. The molecule has 2 rings (SSSR count). The van der Waals surface area contributed by atoms with Gasteiger partial charge in [0.1, 0.15) is 6.61 Å². The van der Waals surface area contributed by atoms with Crippen molar-refractivity contribution in [3.05, 3.63) is 36.4 Å². The number of carbonyl (C=O) groups is 1. The summed E-state index contributed by atoms with van der Waals surface area (Å²) in [6, 6.07) is 5.01. The van der Waals surface area contributed by atoms with E-state index in [-0.39, 0.29) is 11.9 Å². The van der Waals surface area contributed by atoms with E-state index in [9.17, 15) is 9.00 Å². The number of hydrogen-bond acceptors (Lipinski definition) is 4. The zero-order valence-electron chi connectivity index (χ0n) is 12.0. The molecule has 0 saturated carbocycles. The predicted molar refractivity (Wildman–Crippen MR) is 82.4 cm³/mol. The molecule has 2 atom stereocenters. The van der Waals surface area contributed by atoms with E-state index in [0.29, 0.717) is 35.2 Å². The molecule has 21 heavy (non-hydrogen) atoms. The monoisotopic (exact) mass is 309 g/mol. The summed E-state index contributed by atoms with van der Waals surface area (Å²) in [5.74, 6) is 2.06. The smallest absolute Gasteiger partial charge is 0.251 e. The largest absolute Gasteiger partial charge is 0.493 e. The second-order valence-corrected chi connectivity index (χ2v) is 6.36. The Hall–Kier alpha value is -1.82. The van der Waals surface area contributed by atoms with Crippen molar-refractivity contribution < 1.29 is 18.5 Å². The van der Waals surface area contributed by atoms with E-state index in [0.717, 1.165) is 6.42 Å². The van der Waals surface area contributed by atoms with E-state index in [1.807, 2.05) is 0 Å². The molecular weight excluding hydrogens is 290 g/mol. The molecule has 1 fully saturated rings. The lowest BCUT2D eigenvalue weighted by molar-refractivity contribution is 0.0940. The molecule has 1 aromatic rings. The molecule has 114 valence electrons. The third-order valence-corrected chi connectivity index (χ3v) is 4.66. The van der Waals surface area contributed by atoms with Crippen LogP contribution in [0.15, 0.2) is 30.9 Å². The fraction of sp³-hybridized carbons (Fsp3) is 0.400. The zero-order valence-corrected chi connectivity index (χ0v) is 12.8. The van der Waals surface area contributed by atoms with E-state index < -0.39 is 10.8 Å². The maximum absolute atomic E-state index is 12.2. The fourth-order valence-electron chi connectivity index (χ4n) is 2.12. The Morgan fingerprint density at radius 2 is 2.33 bits per heavy atom. The Kier molecular flexibility index (Phi) is 5.38. The van der Waals surface area contributed by atoms with Crippen molar-refractivity contribution in [1.82, 2.24) is 5.32 Å². The SMILES string of the molecule is C=CCOc1ccc(C(=O)N[C@@H]2CC[S@](=O)C2)cc1OC. The van der Waals surface area contributed by atoms with E-state index >= 15 is 0 Å².